The van der Waals surface area contributed by atoms with E-state index in [1.807, 2.05) is 23.6 Å². The van der Waals surface area contributed by atoms with Crippen molar-refractivity contribution in [3.63, 3.8) is 0 Å². The fourth-order valence-electron chi connectivity index (χ4n) is 3.00. The zero-order chi connectivity index (χ0) is 21.6. The number of nitrogens with one attached hydrogen (secondary N) is 2. The maximum atomic E-state index is 12.4. The van der Waals surface area contributed by atoms with E-state index in [-0.39, 0.29) is 18.0 Å². The van der Waals surface area contributed by atoms with Crippen molar-refractivity contribution in [2.75, 3.05) is 10.6 Å². The molecule has 0 unspecified atom stereocenters. The Hall–Kier alpha value is -4.11. The van der Waals surface area contributed by atoms with Crippen LogP contribution in [0.25, 0.3) is 11.3 Å². The molecule has 9 heteroatoms. The van der Waals surface area contributed by atoms with Gasteiger partial charge >= 0.3 is 0 Å². The number of thiazole rings is 1. The molecule has 0 fully saturated rings. The van der Waals surface area contributed by atoms with Gasteiger partial charge in [-0.3, -0.25) is 19.9 Å². The average Bonchev–Trinajstić information content (AvgIpc) is 3.23. The maximum Gasteiger partial charge on any atom is 0.273 e. The van der Waals surface area contributed by atoms with Gasteiger partial charge in [0.1, 0.15) is 0 Å². The van der Waals surface area contributed by atoms with Crippen LogP contribution < -0.4 is 10.6 Å². The van der Waals surface area contributed by atoms with Crippen molar-refractivity contribution >= 4 is 39.4 Å². The number of nitrogens with zero attached hydrogens (tertiary/aromatic N) is 3. The Kier molecular flexibility index (Phi) is 5.95. The number of aromatic nitrogens is 2. The molecule has 0 spiro atoms. The van der Waals surface area contributed by atoms with Crippen LogP contribution in [0.15, 0.2) is 78.4 Å². The molecule has 2 heterocycles. The monoisotopic (exact) mass is 431 g/mol. The molecule has 8 nitrogen and oxygen atoms in total. The van der Waals surface area contributed by atoms with Crippen LogP contribution in [0.5, 0.6) is 0 Å². The minimum Gasteiger partial charge on any atom is -0.331 e. The van der Waals surface area contributed by atoms with Gasteiger partial charge in [-0.05, 0) is 30.3 Å². The van der Waals surface area contributed by atoms with Crippen LogP contribution in [-0.4, -0.2) is 20.8 Å². The first-order valence-corrected chi connectivity index (χ1v) is 10.2. The summed E-state index contributed by atoms with van der Waals surface area (Å²) in [6.45, 7) is 0. The van der Waals surface area contributed by atoms with E-state index in [9.17, 15) is 14.9 Å². The number of pyridine rings is 1. The van der Waals surface area contributed by atoms with E-state index in [0.717, 1.165) is 22.1 Å². The van der Waals surface area contributed by atoms with Crippen molar-refractivity contribution in [1.82, 2.24) is 9.97 Å². The lowest BCUT2D eigenvalue weighted by Crippen LogP contribution is -2.15. The zero-order valence-corrected chi connectivity index (χ0v) is 17.0. The van der Waals surface area contributed by atoms with Crippen LogP contribution >= 0.6 is 11.3 Å². The molecule has 1 amide bonds. The van der Waals surface area contributed by atoms with Crippen molar-refractivity contribution in [2.45, 2.75) is 6.42 Å². The van der Waals surface area contributed by atoms with Gasteiger partial charge in [0.05, 0.1) is 17.0 Å². The Balaban J connectivity index is 1.43. The lowest BCUT2D eigenvalue weighted by molar-refractivity contribution is -0.385. The van der Waals surface area contributed by atoms with Crippen LogP contribution in [0.2, 0.25) is 0 Å². The van der Waals surface area contributed by atoms with Gasteiger partial charge in [-0.15, -0.1) is 11.3 Å². The highest BCUT2D eigenvalue weighted by molar-refractivity contribution is 7.14. The van der Waals surface area contributed by atoms with Crippen molar-refractivity contribution < 1.29 is 9.72 Å². The minimum atomic E-state index is -0.485. The lowest BCUT2D eigenvalue weighted by atomic mass is 10.1. The molecule has 2 aromatic heterocycles. The number of nitro benzene ring substituents is 1. The van der Waals surface area contributed by atoms with Crippen LogP contribution in [-0.2, 0) is 11.2 Å². The third kappa shape index (κ3) is 5.09. The van der Waals surface area contributed by atoms with Gasteiger partial charge in [-0.2, -0.15) is 0 Å². The van der Waals surface area contributed by atoms with Gasteiger partial charge in [-0.25, -0.2) is 4.98 Å². The largest absolute Gasteiger partial charge is 0.331 e. The summed E-state index contributed by atoms with van der Waals surface area (Å²) in [6, 6.07) is 17.2. The third-order valence-corrected chi connectivity index (χ3v) is 5.17. The number of anilines is 3. The molecule has 2 aromatic carbocycles. The quantitative estimate of drug-likeness (QED) is 0.313. The Bertz CT molecular complexity index is 1230. The van der Waals surface area contributed by atoms with Crippen molar-refractivity contribution in [2.24, 2.45) is 0 Å². The summed E-state index contributed by atoms with van der Waals surface area (Å²) in [5.74, 6) is -0.333. The summed E-state index contributed by atoms with van der Waals surface area (Å²) in [5, 5.41) is 19.8. The second-order valence-electron chi connectivity index (χ2n) is 6.59. The smallest absolute Gasteiger partial charge is 0.273 e. The normalized spacial score (nSPS) is 10.5. The first-order valence-electron chi connectivity index (χ1n) is 9.33. The van der Waals surface area contributed by atoms with Gasteiger partial charge in [0.2, 0.25) is 5.91 Å². The molecule has 0 radical (unpaired) electrons. The molecular formula is C22H17N5O3S. The highest BCUT2D eigenvalue weighted by Crippen LogP contribution is 2.28. The summed E-state index contributed by atoms with van der Waals surface area (Å²) in [5.41, 5.74) is 3.48. The number of carbonyl (C=O) groups excluding carboxylic acids is 1. The fourth-order valence-corrected chi connectivity index (χ4v) is 3.74. The number of para-hydroxylation sites is 1. The molecule has 0 bridgehead atoms. The minimum absolute atomic E-state index is 0.0677. The first-order chi connectivity index (χ1) is 15.1. The van der Waals surface area contributed by atoms with Crippen LogP contribution in [0.3, 0.4) is 0 Å². The van der Waals surface area contributed by atoms with Crippen LogP contribution in [0.4, 0.5) is 22.2 Å². The number of amides is 1. The predicted molar refractivity (Wildman–Crippen MR) is 120 cm³/mol. The van der Waals surface area contributed by atoms with Crippen molar-refractivity contribution in [1.29, 1.82) is 0 Å². The van der Waals surface area contributed by atoms with Crippen LogP contribution in [0, 0.1) is 10.1 Å². The molecule has 0 saturated heterocycles. The zero-order valence-electron chi connectivity index (χ0n) is 16.2. The Morgan fingerprint density at radius 2 is 1.81 bits per heavy atom. The molecule has 4 aromatic rings. The van der Waals surface area contributed by atoms with Gasteiger partial charge in [0.15, 0.2) is 5.13 Å². The molecule has 0 atom stereocenters. The van der Waals surface area contributed by atoms with E-state index >= 15 is 0 Å². The van der Waals surface area contributed by atoms with Gasteiger partial charge in [-0.1, -0.05) is 24.3 Å². The summed E-state index contributed by atoms with van der Waals surface area (Å²) in [6.07, 6.45) is 3.35. The molecule has 154 valence electrons. The molecule has 2 N–H and O–H groups in total. The molecule has 31 heavy (non-hydrogen) atoms. The number of carbonyl (C=O) groups is 1. The molecule has 0 saturated carbocycles. The second kappa shape index (κ2) is 9.14. The first kappa shape index (κ1) is 20.2. The summed E-state index contributed by atoms with van der Waals surface area (Å²) >= 11 is 1.47. The Morgan fingerprint density at radius 1 is 1.03 bits per heavy atom. The average molecular weight is 431 g/mol. The Labute approximate surface area is 181 Å². The lowest BCUT2D eigenvalue weighted by Gasteiger charge is -2.08. The Morgan fingerprint density at radius 3 is 2.61 bits per heavy atom. The van der Waals surface area contributed by atoms with E-state index in [1.54, 1.807) is 48.8 Å². The summed E-state index contributed by atoms with van der Waals surface area (Å²) in [4.78, 5) is 31.6. The number of hydrogen-bond acceptors (Lipinski definition) is 7. The SMILES string of the molecule is O=C(Cc1ccccc1[N+](=O)[O-])Nc1cccc(Nc2nc(-c3ccncc3)cs2)c1. The molecule has 0 aliphatic carbocycles. The number of benzene rings is 2. The van der Waals surface area contributed by atoms with Crippen molar-refractivity contribution in [3.8, 4) is 11.3 Å². The van der Waals surface area contributed by atoms with E-state index in [4.69, 9.17) is 0 Å². The van der Waals surface area contributed by atoms with E-state index in [1.165, 1.54) is 17.4 Å². The number of nitro groups is 1. The summed E-state index contributed by atoms with van der Waals surface area (Å²) in [7, 11) is 0. The van der Waals surface area contributed by atoms with Gasteiger partial charge < -0.3 is 10.6 Å². The standard InChI is InChI=1S/C22H17N5O3S/c28-21(12-16-4-1-2-7-20(16)27(29)30)24-17-5-3-6-18(13-17)25-22-26-19(14-31-22)15-8-10-23-11-9-15/h1-11,13-14H,12H2,(H,24,28)(H,25,26). The maximum absolute atomic E-state index is 12.4. The van der Waals surface area contributed by atoms with E-state index in [2.05, 4.69) is 20.6 Å². The van der Waals surface area contributed by atoms with Crippen molar-refractivity contribution in [3.05, 3.63) is 94.1 Å². The number of hydrogen-bond donors (Lipinski definition) is 2. The van der Waals surface area contributed by atoms with Gasteiger partial charge in [0, 0.05) is 46.3 Å². The molecule has 0 aliphatic rings. The molecule has 0 aliphatic heterocycles. The highest BCUT2D eigenvalue weighted by Gasteiger charge is 2.15. The second-order valence-corrected chi connectivity index (χ2v) is 7.45. The molecule has 4 rings (SSSR count). The molecular weight excluding hydrogens is 414 g/mol. The van der Waals surface area contributed by atoms with E-state index < -0.39 is 4.92 Å². The fraction of sp³-hybridized carbons (Fsp3) is 0.0455. The van der Waals surface area contributed by atoms with Gasteiger partial charge in [0.25, 0.3) is 5.69 Å². The number of rotatable bonds is 7. The van der Waals surface area contributed by atoms with Crippen LogP contribution in [0.1, 0.15) is 5.56 Å². The van der Waals surface area contributed by atoms with E-state index in [0.29, 0.717) is 11.3 Å². The predicted octanol–water partition coefficient (Wildman–Crippen LogP) is 5.04. The highest BCUT2D eigenvalue weighted by atomic mass is 32.1. The third-order valence-electron chi connectivity index (χ3n) is 4.42. The summed E-state index contributed by atoms with van der Waals surface area (Å²) < 4.78 is 0. The topological polar surface area (TPSA) is 110 Å².